The predicted molar refractivity (Wildman–Crippen MR) is 121 cm³/mol. The maximum atomic E-state index is 13.0. The van der Waals surface area contributed by atoms with Crippen LogP contribution in [0.1, 0.15) is 38.2 Å². The largest absolute Gasteiger partial charge is 0.325 e. The maximum Gasteiger partial charge on any atom is 0.243 e. The Morgan fingerprint density at radius 1 is 1.00 bits per heavy atom. The fraction of sp³-hybridized carbons (Fsp3) is 0.409. The van der Waals surface area contributed by atoms with Gasteiger partial charge in [-0.3, -0.25) is 4.79 Å². The first-order chi connectivity index (χ1) is 14.7. The van der Waals surface area contributed by atoms with Crippen LogP contribution >= 0.6 is 0 Å². The van der Waals surface area contributed by atoms with Crippen LogP contribution in [0, 0.1) is 0 Å². The van der Waals surface area contributed by atoms with Gasteiger partial charge in [-0.1, -0.05) is 43.7 Å². The zero-order valence-electron chi connectivity index (χ0n) is 17.5. The molecular weight excluding hydrogens is 436 g/mol. The Kier molecular flexibility index (Phi) is 7.51. The smallest absolute Gasteiger partial charge is 0.243 e. The standard InChI is InChI=1S/C22H28N2O5S2/c1-2-20-10-6-7-15-24(20)31(28,29)21-13-11-19(12-14-21)23-22(25)17-30(26,27)16-18-8-4-3-5-9-18/h3-5,8-9,11-14,20H,2,6-7,10,15-17H2,1H3,(H,23,25). The molecule has 1 fully saturated rings. The molecule has 0 saturated carbocycles. The van der Waals surface area contributed by atoms with E-state index in [1.165, 1.54) is 24.3 Å². The summed E-state index contributed by atoms with van der Waals surface area (Å²) in [4.78, 5) is 12.4. The molecule has 3 rings (SSSR count). The second kappa shape index (κ2) is 9.93. The lowest BCUT2D eigenvalue weighted by Gasteiger charge is -2.34. The lowest BCUT2D eigenvalue weighted by Crippen LogP contribution is -2.43. The van der Waals surface area contributed by atoms with Gasteiger partial charge in [0.25, 0.3) is 0 Å². The average Bonchev–Trinajstić information content (AvgIpc) is 2.74. The quantitative estimate of drug-likeness (QED) is 0.647. The van der Waals surface area contributed by atoms with Gasteiger partial charge >= 0.3 is 0 Å². The van der Waals surface area contributed by atoms with Crippen molar-refractivity contribution in [2.45, 2.75) is 49.3 Å². The number of carbonyl (C=O) groups excluding carboxylic acids is 1. The number of nitrogens with one attached hydrogen (secondary N) is 1. The Bertz CT molecular complexity index is 1100. The first-order valence-corrected chi connectivity index (χ1v) is 13.6. The van der Waals surface area contributed by atoms with Crippen LogP contribution in [0.5, 0.6) is 0 Å². The third-order valence-corrected chi connectivity index (χ3v) is 8.81. The van der Waals surface area contributed by atoms with Gasteiger partial charge in [0.1, 0.15) is 5.75 Å². The number of hydrogen-bond donors (Lipinski definition) is 1. The fourth-order valence-electron chi connectivity index (χ4n) is 3.82. The minimum absolute atomic E-state index is 0.00736. The summed E-state index contributed by atoms with van der Waals surface area (Å²) in [6.45, 7) is 2.50. The van der Waals surface area contributed by atoms with Gasteiger partial charge < -0.3 is 5.32 Å². The monoisotopic (exact) mass is 464 g/mol. The molecular formula is C22H28N2O5S2. The Balaban J connectivity index is 1.64. The molecule has 9 heteroatoms. The van der Waals surface area contributed by atoms with Crippen LogP contribution in [-0.4, -0.2) is 45.4 Å². The van der Waals surface area contributed by atoms with Crippen molar-refractivity contribution >= 4 is 31.5 Å². The minimum atomic E-state index is -3.62. The zero-order valence-corrected chi connectivity index (χ0v) is 19.2. The van der Waals surface area contributed by atoms with Crippen molar-refractivity contribution in [2.75, 3.05) is 17.6 Å². The van der Waals surface area contributed by atoms with E-state index >= 15 is 0 Å². The van der Waals surface area contributed by atoms with Crippen molar-refractivity contribution in [1.82, 2.24) is 4.31 Å². The summed E-state index contributed by atoms with van der Waals surface area (Å²) < 4.78 is 52.1. The highest BCUT2D eigenvalue weighted by molar-refractivity contribution is 7.91. The molecule has 1 heterocycles. The number of rotatable bonds is 8. The zero-order chi connectivity index (χ0) is 22.5. The lowest BCUT2D eigenvalue weighted by molar-refractivity contribution is -0.113. The third-order valence-electron chi connectivity index (χ3n) is 5.37. The van der Waals surface area contributed by atoms with Crippen molar-refractivity contribution in [2.24, 2.45) is 0 Å². The van der Waals surface area contributed by atoms with Gasteiger partial charge in [0.2, 0.25) is 15.9 Å². The van der Waals surface area contributed by atoms with Gasteiger partial charge in [-0.2, -0.15) is 4.31 Å². The van der Waals surface area contributed by atoms with Crippen molar-refractivity contribution in [3.8, 4) is 0 Å². The van der Waals surface area contributed by atoms with Crippen molar-refractivity contribution in [3.63, 3.8) is 0 Å². The second-order valence-corrected chi connectivity index (χ2v) is 11.7. The summed E-state index contributed by atoms with van der Waals surface area (Å²) in [6, 6.07) is 14.5. The van der Waals surface area contributed by atoms with Gasteiger partial charge in [-0.25, -0.2) is 16.8 Å². The number of amides is 1. The highest BCUT2D eigenvalue weighted by atomic mass is 32.2. The van der Waals surface area contributed by atoms with E-state index in [4.69, 9.17) is 0 Å². The Morgan fingerprint density at radius 2 is 1.68 bits per heavy atom. The molecule has 31 heavy (non-hydrogen) atoms. The number of piperidine rings is 1. The SMILES string of the molecule is CCC1CCCCN1S(=O)(=O)c1ccc(NC(=O)CS(=O)(=O)Cc2ccccc2)cc1. The molecule has 0 spiro atoms. The van der Waals surface area contributed by atoms with E-state index in [9.17, 15) is 21.6 Å². The Morgan fingerprint density at radius 3 is 2.32 bits per heavy atom. The topological polar surface area (TPSA) is 101 Å². The van der Waals surface area contributed by atoms with E-state index in [-0.39, 0.29) is 16.7 Å². The van der Waals surface area contributed by atoms with Crippen molar-refractivity contribution in [3.05, 3.63) is 60.2 Å². The van der Waals surface area contributed by atoms with Gasteiger partial charge in [0, 0.05) is 18.3 Å². The summed E-state index contributed by atoms with van der Waals surface area (Å²) >= 11 is 0. The van der Waals surface area contributed by atoms with Crippen molar-refractivity contribution < 1.29 is 21.6 Å². The second-order valence-electron chi connectivity index (χ2n) is 7.76. The number of anilines is 1. The van der Waals surface area contributed by atoms with Gasteiger partial charge in [-0.15, -0.1) is 0 Å². The summed E-state index contributed by atoms with van der Waals surface area (Å²) in [7, 11) is -7.23. The molecule has 1 amide bonds. The lowest BCUT2D eigenvalue weighted by atomic mass is 10.0. The number of benzene rings is 2. The Hall–Kier alpha value is -2.23. The van der Waals surface area contributed by atoms with E-state index in [2.05, 4.69) is 5.32 Å². The number of sulfone groups is 1. The highest BCUT2D eigenvalue weighted by Gasteiger charge is 2.32. The molecule has 0 bridgehead atoms. The first-order valence-electron chi connectivity index (χ1n) is 10.4. The highest BCUT2D eigenvalue weighted by Crippen LogP contribution is 2.27. The molecule has 1 aliphatic rings. The first kappa shape index (κ1) is 23.4. The van der Waals surface area contributed by atoms with Crippen LogP contribution in [0.4, 0.5) is 5.69 Å². The summed E-state index contributed by atoms with van der Waals surface area (Å²) in [5, 5.41) is 2.54. The van der Waals surface area contributed by atoms with Crippen LogP contribution in [0.3, 0.4) is 0 Å². The van der Waals surface area contributed by atoms with E-state index in [0.29, 0.717) is 17.8 Å². The number of carbonyl (C=O) groups is 1. The molecule has 2 aromatic carbocycles. The predicted octanol–water partition coefficient (Wildman–Crippen LogP) is 3.19. The summed E-state index contributed by atoms with van der Waals surface area (Å²) in [5.74, 6) is -1.52. The molecule has 0 aromatic heterocycles. The molecule has 7 nitrogen and oxygen atoms in total. The summed E-state index contributed by atoms with van der Waals surface area (Å²) in [6.07, 6.45) is 3.51. The van der Waals surface area contributed by atoms with Gasteiger partial charge in [0.15, 0.2) is 9.84 Å². The van der Waals surface area contributed by atoms with Crippen LogP contribution in [-0.2, 0) is 30.4 Å². The van der Waals surface area contributed by atoms with Gasteiger partial charge in [0.05, 0.1) is 10.6 Å². The third kappa shape index (κ3) is 6.15. The van der Waals surface area contributed by atoms with E-state index in [0.717, 1.165) is 25.7 Å². The van der Waals surface area contributed by atoms with Crippen molar-refractivity contribution in [1.29, 1.82) is 0 Å². The molecule has 1 unspecified atom stereocenters. The number of sulfonamides is 1. The molecule has 1 atom stereocenters. The number of hydrogen-bond acceptors (Lipinski definition) is 5. The summed E-state index contributed by atoms with van der Waals surface area (Å²) in [5.41, 5.74) is 0.970. The van der Waals surface area contributed by atoms with Crippen LogP contribution < -0.4 is 5.32 Å². The minimum Gasteiger partial charge on any atom is -0.325 e. The average molecular weight is 465 g/mol. The van der Waals surface area contributed by atoms with Gasteiger partial charge in [-0.05, 0) is 49.1 Å². The van der Waals surface area contributed by atoms with E-state index < -0.39 is 31.5 Å². The van der Waals surface area contributed by atoms with Crippen LogP contribution in [0.2, 0.25) is 0 Å². The van der Waals surface area contributed by atoms with Crippen LogP contribution in [0.15, 0.2) is 59.5 Å². The van der Waals surface area contributed by atoms with E-state index in [1.54, 1.807) is 34.6 Å². The Labute approximate surface area is 184 Å². The molecule has 2 aromatic rings. The van der Waals surface area contributed by atoms with Crippen LogP contribution in [0.25, 0.3) is 0 Å². The molecule has 1 saturated heterocycles. The number of nitrogens with zero attached hydrogens (tertiary/aromatic N) is 1. The fourth-order valence-corrected chi connectivity index (χ4v) is 6.86. The molecule has 168 valence electrons. The molecule has 1 N–H and O–H groups in total. The molecule has 0 aliphatic carbocycles. The molecule has 1 aliphatic heterocycles. The normalized spacial score (nSPS) is 17.9. The maximum absolute atomic E-state index is 13.0. The van der Waals surface area contributed by atoms with E-state index in [1.807, 2.05) is 6.92 Å². The molecule has 0 radical (unpaired) electrons.